The maximum Gasteiger partial charge on any atom is 0.182 e. The third kappa shape index (κ3) is 4.97. The highest BCUT2D eigenvalue weighted by molar-refractivity contribution is 7.13. The van der Waals surface area contributed by atoms with Gasteiger partial charge >= 0.3 is 0 Å². The average molecular weight is 354 g/mol. The Labute approximate surface area is 152 Å². The van der Waals surface area contributed by atoms with E-state index in [1.807, 2.05) is 30.5 Å². The van der Waals surface area contributed by atoms with Crippen molar-refractivity contribution >= 4 is 16.5 Å². The number of benzene rings is 2. The Morgan fingerprint density at radius 1 is 1.04 bits per heavy atom. The van der Waals surface area contributed by atoms with Crippen molar-refractivity contribution in [1.29, 1.82) is 0 Å². The minimum Gasteiger partial charge on any atom is -0.490 e. The number of thiazole rings is 1. The van der Waals surface area contributed by atoms with Crippen LogP contribution in [0.2, 0.25) is 0 Å². The Hall–Kier alpha value is -2.53. The molecule has 0 saturated carbocycles. The molecule has 0 aliphatic heterocycles. The van der Waals surface area contributed by atoms with Crippen molar-refractivity contribution < 1.29 is 9.47 Å². The monoisotopic (exact) mass is 354 g/mol. The van der Waals surface area contributed by atoms with Crippen LogP contribution in [0.1, 0.15) is 23.6 Å². The van der Waals surface area contributed by atoms with Crippen LogP contribution in [0.5, 0.6) is 11.5 Å². The normalized spacial score (nSPS) is 10.5. The zero-order chi connectivity index (χ0) is 17.5. The topological polar surface area (TPSA) is 43.4 Å². The van der Waals surface area contributed by atoms with Crippen molar-refractivity contribution in [3.63, 3.8) is 0 Å². The van der Waals surface area contributed by atoms with Crippen molar-refractivity contribution in [2.24, 2.45) is 0 Å². The summed E-state index contributed by atoms with van der Waals surface area (Å²) in [6.45, 7) is 5.89. The van der Waals surface area contributed by atoms with Crippen LogP contribution in [-0.4, -0.2) is 11.6 Å². The highest BCUT2D eigenvalue weighted by Crippen LogP contribution is 2.29. The standard InChI is InChI=1S/C20H22N2O2S/c1-3-23-19-12-16(13-22-20-21-9-10-25-20)7-8-18(19)24-14-17-6-4-5-15(2)11-17/h4-12H,3,13-14H2,1-2H3,(H,21,22). The van der Waals surface area contributed by atoms with Crippen LogP contribution in [0.25, 0.3) is 0 Å². The largest absolute Gasteiger partial charge is 0.490 e. The van der Waals surface area contributed by atoms with Crippen molar-refractivity contribution in [2.75, 3.05) is 11.9 Å². The van der Waals surface area contributed by atoms with Crippen LogP contribution in [0.4, 0.5) is 5.13 Å². The van der Waals surface area contributed by atoms with Gasteiger partial charge in [0.1, 0.15) is 6.61 Å². The van der Waals surface area contributed by atoms with Crippen LogP contribution >= 0.6 is 11.3 Å². The smallest absolute Gasteiger partial charge is 0.182 e. The minimum atomic E-state index is 0.526. The molecule has 0 saturated heterocycles. The minimum absolute atomic E-state index is 0.526. The highest BCUT2D eigenvalue weighted by atomic mass is 32.1. The zero-order valence-electron chi connectivity index (χ0n) is 14.5. The first-order chi connectivity index (χ1) is 12.2. The Kier molecular flexibility index (Phi) is 5.90. The van der Waals surface area contributed by atoms with E-state index in [-0.39, 0.29) is 0 Å². The van der Waals surface area contributed by atoms with Gasteiger partial charge in [-0.05, 0) is 37.1 Å². The van der Waals surface area contributed by atoms with E-state index in [0.29, 0.717) is 19.8 Å². The molecule has 1 N–H and O–H groups in total. The second kappa shape index (κ2) is 8.53. The van der Waals surface area contributed by atoms with Gasteiger partial charge in [0.2, 0.25) is 0 Å². The van der Waals surface area contributed by atoms with Crippen LogP contribution in [-0.2, 0) is 13.2 Å². The van der Waals surface area contributed by atoms with E-state index in [0.717, 1.165) is 27.8 Å². The summed E-state index contributed by atoms with van der Waals surface area (Å²) in [6, 6.07) is 14.4. The van der Waals surface area contributed by atoms with Gasteiger partial charge in [-0.1, -0.05) is 35.9 Å². The maximum absolute atomic E-state index is 5.98. The predicted octanol–water partition coefficient (Wildman–Crippen LogP) is 5.04. The number of anilines is 1. The van der Waals surface area contributed by atoms with Gasteiger partial charge in [-0.3, -0.25) is 0 Å². The van der Waals surface area contributed by atoms with Crippen LogP contribution in [0.15, 0.2) is 54.0 Å². The summed E-state index contributed by atoms with van der Waals surface area (Å²) < 4.78 is 11.7. The molecule has 0 aliphatic rings. The molecule has 0 amide bonds. The molecule has 3 aromatic rings. The molecule has 4 nitrogen and oxygen atoms in total. The molecule has 0 radical (unpaired) electrons. The van der Waals surface area contributed by atoms with Crippen molar-refractivity contribution in [3.05, 3.63) is 70.7 Å². The van der Waals surface area contributed by atoms with Gasteiger partial charge in [0, 0.05) is 18.1 Å². The Morgan fingerprint density at radius 2 is 1.96 bits per heavy atom. The van der Waals surface area contributed by atoms with E-state index in [9.17, 15) is 0 Å². The van der Waals surface area contributed by atoms with Gasteiger partial charge in [0.05, 0.1) is 6.61 Å². The number of hydrogen-bond acceptors (Lipinski definition) is 5. The lowest BCUT2D eigenvalue weighted by Crippen LogP contribution is -2.03. The Bertz CT molecular complexity index is 803. The first-order valence-electron chi connectivity index (χ1n) is 8.32. The third-order valence-corrected chi connectivity index (χ3v) is 4.39. The molecular formula is C20H22N2O2S. The molecule has 5 heteroatoms. The first-order valence-corrected chi connectivity index (χ1v) is 9.20. The lowest BCUT2D eigenvalue weighted by Gasteiger charge is -2.14. The Morgan fingerprint density at radius 3 is 2.72 bits per heavy atom. The van der Waals surface area contributed by atoms with Gasteiger partial charge in [-0.15, -0.1) is 11.3 Å². The highest BCUT2D eigenvalue weighted by Gasteiger charge is 2.08. The number of rotatable bonds is 8. The number of aryl methyl sites for hydroxylation is 1. The zero-order valence-corrected chi connectivity index (χ0v) is 15.3. The van der Waals surface area contributed by atoms with E-state index >= 15 is 0 Å². The first kappa shape index (κ1) is 17.3. The second-order valence-corrected chi connectivity index (χ2v) is 6.58. The molecule has 0 bridgehead atoms. The van der Waals surface area contributed by atoms with Gasteiger partial charge in [0.25, 0.3) is 0 Å². The molecule has 1 heterocycles. The van der Waals surface area contributed by atoms with Crippen molar-refractivity contribution in [1.82, 2.24) is 4.98 Å². The summed E-state index contributed by atoms with van der Waals surface area (Å²) in [6.07, 6.45) is 1.79. The fraction of sp³-hybridized carbons (Fsp3) is 0.250. The van der Waals surface area contributed by atoms with Gasteiger partial charge in [-0.2, -0.15) is 0 Å². The van der Waals surface area contributed by atoms with Crippen molar-refractivity contribution in [2.45, 2.75) is 27.0 Å². The summed E-state index contributed by atoms with van der Waals surface area (Å²) in [5.74, 6) is 1.54. The molecule has 0 atom stereocenters. The van der Waals surface area contributed by atoms with E-state index in [4.69, 9.17) is 9.47 Å². The molecule has 25 heavy (non-hydrogen) atoms. The average Bonchev–Trinajstić information content (AvgIpc) is 3.13. The lowest BCUT2D eigenvalue weighted by molar-refractivity contribution is 0.269. The summed E-state index contributed by atoms with van der Waals surface area (Å²) in [4.78, 5) is 4.23. The summed E-state index contributed by atoms with van der Waals surface area (Å²) >= 11 is 1.59. The maximum atomic E-state index is 5.98. The molecule has 0 spiro atoms. The van der Waals surface area contributed by atoms with Gasteiger partial charge in [0.15, 0.2) is 16.6 Å². The van der Waals surface area contributed by atoms with Crippen LogP contribution < -0.4 is 14.8 Å². The van der Waals surface area contributed by atoms with Crippen LogP contribution in [0, 0.1) is 6.92 Å². The number of nitrogens with zero attached hydrogens (tertiary/aromatic N) is 1. The summed E-state index contributed by atoms with van der Waals surface area (Å²) in [7, 11) is 0. The molecule has 1 aromatic heterocycles. The fourth-order valence-corrected chi connectivity index (χ4v) is 3.03. The lowest BCUT2D eigenvalue weighted by atomic mass is 10.1. The molecule has 0 aliphatic carbocycles. The number of hydrogen-bond donors (Lipinski definition) is 1. The Balaban J connectivity index is 1.67. The van der Waals surface area contributed by atoms with Gasteiger partial charge < -0.3 is 14.8 Å². The quantitative estimate of drug-likeness (QED) is 0.615. The predicted molar refractivity (Wildman–Crippen MR) is 103 cm³/mol. The van der Waals surface area contributed by atoms with Crippen LogP contribution in [0.3, 0.4) is 0 Å². The number of ether oxygens (including phenoxy) is 2. The summed E-state index contributed by atoms with van der Waals surface area (Å²) in [5.41, 5.74) is 3.51. The number of aromatic nitrogens is 1. The molecule has 0 unspecified atom stereocenters. The molecular weight excluding hydrogens is 332 g/mol. The second-order valence-electron chi connectivity index (χ2n) is 5.68. The third-order valence-electron chi connectivity index (χ3n) is 3.66. The fourth-order valence-electron chi connectivity index (χ4n) is 2.50. The van der Waals surface area contributed by atoms with E-state index < -0.39 is 0 Å². The van der Waals surface area contributed by atoms with E-state index in [1.165, 1.54) is 5.56 Å². The molecule has 2 aromatic carbocycles. The SMILES string of the molecule is CCOc1cc(CNc2nccs2)ccc1OCc1cccc(C)c1. The summed E-state index contributed by atoms with van der Waals surface area (Å²) in [5, 5.41) is 6.17. The van der Waals surface area contributed by atoms with E-state index in [2.05, 4.69) is 41.5 Å². The van der Waals surface area contributed by atoms with Crippen molar-refractivity contribution in [3.8, 4) is 11.5 Å². The molecule has 130 valence electrons. The van der Waals surface area contributed by atoms with Gasteiger partial charge in [-0.25, -0.2) is 4.98 Å². The van der Waals surface area contributed by atoms with E-state index in [1.54, 1.807) is 17.5 Å². The number of nitrogens with one attached hydrogen (secondary N) is 1. The molecule has 3 rings (SSSR count). The molecule has 0 fully saturated rings.